The van der Waals surface area contributed by atoms with Gasteiger partial charge in [-0.1, -0.05) is 13.3 Å². The van der Waals surface area contributed by atoms with Crippen molar-refractivity contribution < 1.29 is 23.8 Å². The second-order valence-electron chi connectivity index (χ2n) is 4.62. The van der Waals surface area contributed by atoms with E-state index >= 15 is 0 Å². The molecular formula is C15H22FNO4. The van der Waals surface area contributed by atoms with Crippen molar-refractivity contribution >= 4 is 6.09 Å². The van der Waals surface area contributed by atoms with Gasteiger partial charge in [-0.25, -0.2) is 9.18 Å². The van der Waals surface area contributed by atoms with Gasteiger partial charge in [-0.3, -0.25) is 0 Å². The fourth-order valence-corrected chi connectivity index (χ4v) is 1.65. The lowest BCUT2D eigenvalue weighted by Gasteiger charge is -2.14. The molecule has 0 spiro atoms. The maximum absolute atomic E-state index is 13.1. The molecule has 1 atom stereocenters. The van der Waals surface area contributed by atoms with Crippen molar-refractivity contribution in [2.75, 3.05) is 19.8 Å². The van der Waals surface area contributed by atoms with Crippen molar-refractivity contribution in [1.29, 1.82) is 0 Å². The highest BCUT2D eigenvalue weighted by Crippen LogP contribution is 2.25. The van der Waals surface area contributed by atoms with E-state index in [4.69, 9.17) is 9.47 Å². The summed E-state index contributed by atoms with van der Waals surface area (Å²) < 4.78 is 23.5. The quantitative estimate of drug-likeness (QED) is 0.724. The van der Waals surface area contributed by atoms with Crippen LogP contribution in [0.25, 0.3) is 0 Å². The Morgan fingerprint density at radius 1 is 1.43 bits per heavy atom. The third-order valence-electron chi connectivity index (χ3n) is 2.78. The Kier molecular flexibility index (Phi) is 7.53. The first kappa shape index (κ1) is 17.2. The molecule has 0 saturated carbocycles. The zero-order chi connectivity index (χ0) is 15.7. The standard InChI is InChI=1S/C15H22FNO4/c1-3-4-8-21-15(19)17-7-9-20-14-6-5-12(16)10-13(14)11(2)18/h5-6,10-11,18H,3-4,7-9H2,1-2H3,(H,17,19). The molecular weight excluding hydrogens is 277 g/mol. The third-order valence-corrected chi connectivity index (χ3v) is 2.78. The molecule has 0 bridgehead atoms. The fraction of sp³-hybridized carbons (Fsp3) is 0.533. The number of aliphatic hydroxyl groups excluding tert-OH is 1. The van der Waals surface area contributed by atoms with E-state index in [0.717, 1.165) is 12.8 Å². The highest BCUT2D eigenvalue weighted by Gasteiger charge is 2.10. The van der Waals surface area contributed by atoms with Gasteiger partial charge in [0.25, 0.3) is 0 Å². The van der Waals surface area contributed by atoms with Gasteiger partial charge in [-0.2, -0.15) is 0 Å². The number of aliphatic hydroxyl groups is 1. The van der Waals surface area contributed by atoms with Crippen molar-refractivity contribution in [3.63, 3.8) is 0 Å². The molecule has 1 rings (SSSR count). The molecule has 1 amide bonds. The van der Waals surface area contributed by atoms with Gasteiger partial charge in [0.05, 0.1) is 19.3 Å². The van der Waals surface area contributed by atoms with E-state index in [9.17, 15) is 14.3 Å². The number of ether oxygens (including phenoxy) is 2. The van der Waals surface area contributed by atoms with Gasteiger partial charge in [0.2, 0.25) is 0 Å². The molecule has 2 N–H and O–H groups in total. The first-order valence-electron chi connectivity index (χ1n) is 7.05. The molecule has 0 aliphatic carbocycles. The van der Waals surface area contributed by atoms with Crippen LogP contribution in [-0.4, -0.2) is 31.0 Å². The van der Waals surface area contributed by atoms with E-state index in [0.29, 0.717) is 17.9 Å². The monoisotopic (exact) mass is 299 g/mol. The van der Waals surface area contributed by atoms with Crippen LogP contribution in [0.1, 0.15) is 38.4 Å². The van der Waals surface area contributed by atoms with Crippen molar-refractivity contribution in [2.45, 2.75) is 32.8 Å². The van der Waals surface area contributed by atoms with Gasteiger partial charge in [0.15, 0.2) is 0 Å². The highest BCUT2D eigenvalue weighted by atomic mass is 19.1. The van der Waals surface area contributed by atoms with Crippen LogP contribution in [0.15, 0.2) is 18.2 Å². The first-order chi connectivity index (χ1) is 10.0. The molecule has 0 aliphatic heterocycles. The van der Waals surface area contributed by atoms with E-state index in [1.807, 2.05) is 6.92 Å². The fourth-order valence-electron chi connectivity index (χ4n) is 1.65. The van der Waals surface area contributed by atoms with Gasteiger partial charge in [0, 0.05) is 5.56 Å². The molecule has 1 aromatic carbocycles. The lowest BCUT2D eigenvalue weighted by atomic mass is 10.1. The summed E-state index contributed by atoms with van der Waals surface area (Å²) in [4.78, 5) is 11.3. The normalized spacial score (nSPS) is 11.8. The molecule has 0 saturated heterocycles. The minimum absolute atomic E-state index is 0.203. The smallest absolute Gasteiger partial charge is 0.407 e. The number of rotatable bonds is 8. The van der Waals surface area contributed by atoms with Gasteiger partial charge in [-0.15, -0.1) is 0 Å². The van der Waals surface area contributed by atoms with Crippen LogP contribution in [0.5, 0.6) is 5.75 Å². The minimum Gasteiger partial charge on any atom is -0.491 e. The molecule has 1 aromatic rings. The lowest BCUT2D eigenvalue weighted by Crippen LogP contribution is -2.29. The van der Waals surface area contributed by atoms with Crippen molar-refractivity contribution in [1.82, 2.24) is 5.32 Å². The van der Waals surface area contributed by atoms with E-state index in [1.165, 1.54) is 25.1 Å². The second kappa shape index (κ2) is 9.18. The zero-order valence-corrected chi connectivity index (χ0v) is 12.4. The van der Waals surface area contributed by atoms with Crippen molar-refractivity contribution in [3.05, 3.63) is 29.6 Å². The van der Waals surface area contributed by atoms with Crippen LogP contribution in [-0.2, 0) is 4.74 Å². The summed E-state index contributed by atoms with van der Waals surface area (Å²) in [6.45, 7) is 4.41. The first-order valence-corrected chi connectivity index (χ1v) is 7.05. The van der Waals surface area contributed by atoms with Crippen LogP contribution in [0.4, 0.5) is 9.18 Å². The number of hydrogen-bond donors (Lipinski definition) is 2. The number of amides is 1. The lowest BCUT2D eigenvalue weighted by molar-refractivity contribution is 0.142. The average molecular weight is 299 g/mol. The molecule has 6 heteroatoms. The Hall–Kier alpha value is -1.82. The summed E-state index contributed by atoms with van der Waals surface area (Å²) in [5.41, 5.74) is 0.375. The van der Waals surface area contributed by atoms with Gasteiger partial charge in [0.1, 0.15) is 18.2 Å². The molecule has 0 aliphatic rings. The second-order valence-corrected chi connectivity index (χ2v) is 4.62. The Bertz CT molecular complexity index is 451. The Morgan fingerprint density at radius 3 is 2.86 bits per heavy atom. The number of carbonyl (C=O) groups is 1. The predicted molar refractivity (Wildman–Crippen MR) is 76.8 cm³/mol. The molecule has 21 heavy (non-hydrogen) atoms. The summed E-state index contributed by atoms with van der Waals surface area (Å²) >= 11 is 0. The number of halogens is 1. The summed E-state index contributed by atoms with van der Waals surface area (Å²) in [7, 11) is 0. The SMILES string of the molecule is CCCCOC(=O)NCCOc1ccc(F)cc1C(C)O. The van der Waals surface area contributed by atoms with E-state index in [-0.39, 0.29) is 13.2 Å². The van der Waals surface area contributed by atoms with Crippen LogP contribution < -0.4 is 10.1 Å². The van der Waals surface area contributed by atoms with E-state index in [2.05, 4.69) is 5.32 Å². The van der Waals surface area contributed by atoms with Crippen LogP contribution >= 0.6 is 0 Å². The van der Waals surface area contributed by atoms with E-state index < -0.39 is 18.0 Å². The number of carbonyl (C=O) groups excluding carboxylic acids is 1. The van der Waals surface area contributed by atoms with Gasteiger partial charge in [-0.05, 0) is 31.5 Å². The van der Waals surface area contributed by atoms with E-state index in [1.54, 1.807) is 0 Å². The number of benzene rings is 1. The number of alkyl carbamates (subject to hydrolysis) is 1. The van der Waals surface area contributed by atoms with Gasteiger partial charge < -0.3 is 19.9 Å². The Balaban J connectivity index is 2.34. The highest BCUT2D eigenvalue weighted by molar-refractivity contribution is 5.67. The molecule has 0 aromatic heterocycles. The number of nitrogens with one attached hydrogen (secondary N) is 1. The van der Waals surface area contributed by atoms with Crippen LogP contribution in [0, 0.1) is 5.82 Å². The summed E-state index contributed by atoms with van der Waals surface area (Å²) in [6, 6.07) is 3.94. The molecule has 0 fully saturated rings. The summed E-state index contributed by atoms with van der Waals surface area (Å²) in [6.07, 6.45) is 0.477. The van der Waals surface area contributed by atoms with Gasteiger partial charge >= 0.3 is 6.09 Å². The molecule has 1 unspecified atom stereocenters. The van der Waals surface area contributed by atoms with Crippen LogP contribution in [0.3, 0.4) is 0 Å². The molecule has 0 radical (unpaired) electrons. The predicted octanol–water partition coefficient (Wildman–Crippen LogP) is 2.78. The molecule has 118 valence electrons. The topological polar surface area (TPSA) is 67.8 Å². The van der Waals surface area contributed by atoms with Crippen LogP contribution in [0.2, 0.25) is 0 Å². The Morgan fingerprint density at radius 2 is 2.19 bits per heavy atom. The Labute approximate surface area is 124 Å². The number of unbranched alkanes of at least 4 members (excludes halogenated alkanes) is 1. The minimum atomic E-state index is -0.831. The molecule has 5 nitrogen and oxygen atoms in total. The summed E-state index contributed by atoms with van der Waals surface area (Å²) in [5.74, 6) is -0.0385. The zero-order valence-electron chi connectivity index (χ0n) is 12.4. The maximum atomic E-state index is 13.1. The van der Waals surface area contributed by atoms with Crippen molar-refractivity contribution in [3.8, 4) is 5.75 Å². The number of hydrogen-bond acceptors (Lipinski definition) is 4. The largest absolute Gasteiger partial charge is 0.491 e. The third kappa shape index (κ3) is 6.44. The maximum Gasteiger partial charge on any atom is 0.407 e. The average Bonchev–Trinajstić information content (AvgIpc) is 2.45. The molecule has 0 heterocycles. The summed E-state index contributed by atoms with van der Waals surface area (Å²) in [5, 5.41) is 12.1. The van der Waals surface area contributed by atoms with Crippen molar-refractivity contribution in [2.24, 2.45) is 0 Å².